The Morgan fingerprint density at radius 2 is 1.07 bits per heavy atom. The lowest BCUT2D eigenvalue weighted by atomic mass is 10.0. The zero-order chi connectivity index (χ0) is 30.2. The second kappa shape index (κ2) is 9.62. The van der Waals surface area contributed by atoms with Crippen molar-refractivity contribution < 1.29 is 4.42 Å². The first-order chi connectivity index (χ1) is 22.8. The number of hydrogen-bond donors (Lipinski definition) is 0. The van der Waals surface area contributed by atoms with Crippen molar-refractivity contribution in [3.05, 3.63) is 152 Å². The molecular formula is C42H25N3O. The van der Waals surface area contributed by atoms with Gasteiger partial charge in [0.2, 0.25) is 5.95 Å². The van der Waals surface area contributed by atoms with E-state index in [-0.39, 0.29) is 0 Å². The van der Waals surface area contributed by atoms with E-state index >= 15 is 0 Å². The molecule has 214 valence electrons. The molecule has 7 aromatic carbocycles. The summed E-state index contributed by atoms with van der Waals surface area (Å²) in [5, 5.41) is 7.90. The van der Waals surface area contributed by atoms with Crippen molar-refractivity contribution >= 4 is 65.4 Å². The number of aromatic nitrogens is 3. The molecule has 4 heteroatoms. The number of para-hydroxylation sites is 1. The second-order valence-electron chi connectivity index (χ2n) is 11.8. The SMILES string of the molecule is c1ccc(-c2ccc(-c3nc(-n4c5ccccc5c5cc6ccccc6cc54)nc4c3oc3c5ccccc5ccc43)cc2)cc1. The van der Waals surface area contributed by atoms with Crippen molar-refractivity contribution in [2.45, 2.75) is 0 Å². The van der Waals surface area contributed by atoms with Gasteiger partial charge < -0.3 is 4.42 Å². The zero-order valence-corrected chi connectivity index (χ0v) is 24.7. The number of furan rings is 1. The van der Waals surface area contributed by atoms with Crippen molar-refractivity contribution in [3.8, 4) is 28.3 Å². The first-order valence-electron chi connectivity index (χ1n) is 15.5. The van der Waals surface area contributed by atoms with E-state index in [9.17, 15) is 0 Å². The Morgan fingerprint density at radius 1 is 0.413 bits per heavy atom. The second-order valence-corrected chi connectivity index (χ2v) is 11.8. The Labute approximate surface area is 263 Å². The minimum Gasteiger partial charge on any atom is -0.451 e. The summed E-state index contributed by atoms with van der Waals surface area (Å²) in [6, 6.07) is 53.2. The van der Waals surface area contributed by atoms with E-state index in [4.69, 9.17) is 14.4 Å². The topological polar surface area (TPSA) is 43.9 Å². The van der Waals surface area contributed by atoms with E-state index in [0.717, 1.165) is 55.1 Å². The summed E-state index contributed by atoms with van der Waals surface area (Å²) in [4.78, 5) is 10.6. The van der Waals surface area contributed by atoms with Gasteiger partial charge in [-0.3, -0.25) is 4.57 Å². The molecule has 0 aliphatic heterocycles. The van der Waals surface area contributed by atoms with Crippen molar-refractivity contribution in [1.29, 1.82) is 0 Å². The maximum atomic E-state index is 6.74. The predicted molar refractivity (Wildman–Crippen MR) is 190 cm³/mol. The number of hydrogen-bond acceptors (Lipinski definition) is 3. The predicted octanol–water partition coefficient (Wildman–Crippen LogP) is 11.1. The fourth-order valence-electron chi connectivity index (χ4n) is 6.98. The summed E-state index contributed by atoms with van der Waals surface area (Å²) in [7, 11) is 0. The van der Waals surface area contributed by atoms with Crippen LogP contribution in [-0.4, -0.2) is 14.5 Å². The van der Waals surface area contributed by atoms with Crippen LogP contribution in [0.2, 0.25) is 0 Å². The Bertz CT molecular complexity index is 2790. The molecule has 0 atom stereocenters. The van der Waals surface area contributed by atoms with Crippen LogP contribution in [0.4, 0.5) is 0 Å². The molecule has 0 spiro atoms. The van der Waals surface area contributed by atoms with Gasteiger partial charge in [0.1, 0.15) is 16.8 Å². The molecule has 0 bridgehead atoms. The normalized spacial score (nSPS) is 11.9. The molecule has 0 fully saturated rings. The van der Waals surface area contributed by atoms with Gasteiger partial charge in [-0.2, -0.15) is 0 Å². The van der Waals surface area contributed by atoms with Crippen LogP contribution in [0.25, 0.3) is 93.8 Å². The third-order valence-electron chi connectivity index (χ3n) is 9.20. The van der Waals surface area contributed by atoms with Crippen LogP contribution in [0.3, 0.4) is 0 Å². The summed E-state index contributed by atoms with van der Waals surface area (Å²) in [6.07, 6.45) is 0. The minimum atomic E-state index is 0.618. The Kier molecular flexibility index (Phi) is 5.25. The fourth-order valence-corrected chi connectivity index (χ4v) is 6.98. The maximum Gasteiger partial charge on any atom is 0.236 e. The molecule has 46 heavy (non-hydrogen) atoms. The van der Waals surface area contributed by atoms with Gasteiger partial charge in [0.05, 0.1) is 11.0 Å². The van der Waals surface area contributed by atoms with Crippen LogP contribution in [0.5, 0.6) is 0 Å². The summed E-state index contributed by atoms with van der Waals surface area (Å²) in [5.74, 6) is 0.618. The molecular weight excluding hydrogens is 562 g/mol. The highest BCUT2D eigenvalue weighted by molar-refractivity contribution is 6.16. The summed E-state index contributed by atoms with van der Waals surface area (Å²) >= 11 is 0. The molecule has 0 radical (unpaired) electrons. The van der Waals surface area contributed by atoms with Crippen molar-refractivity contribution in [1.82, 2.24) is 14.5 Å². The highest BCUT2D eigenvalue weighted by Crippen LogP contribution is 2.40. The minimum absolute atomic E-state index is 0.618. The number of nitrogens with zero attached hydrogens (tertiary/aromatic N) is 3. The van der Waals surface area contributed by atoms with Gasteiger partial charge in [0.15, 0.2) is 5.58 Å². The third kappa shape index (κ3) is 3.67. The molecule has 0 amide bonds. The van der Waals surface area contributed by atoms with Crippen LogP contribution < -0.4 is 0 Å². The molecule has 4 nitrogen and oxygen atoms in total. The molecule has 0 saturated heterocycles. The summed E-state index contributed by atoms with van der Waals surface area (Å²) in [5.41, 5.74) is 8.53. The smallest absolute Gasteiger partial charge is 0.236 e. The molecule has 3 aromatic heterocycles. The monoisotopic (exact) mass is 587 g/mol. The standard InChI is InChI=1S/C42H25N3O/c1-2-10-26(11-3-1)27-18-20-29(21-19-27)38-41-39(34-23-22-28-12-6-7-15-32(28)40(34)46-41)44-42(43-38)45-36-17-9-8-16-33(36)35-24-30-13-4-5-14-31(30)25-37(35)45/h1-25H. The number of benzene rings is 7. The highest BCUT2D eigenvalue weighted by atomic mass is 16.3. The molecule has 0 unspecified atom stereocenters. The summed E-state index contributed by atoms with van der Waals surface area (Å²) in [6.45, 7) is 0. The average molecular weight is 588 g/mol. The maximum absolute atomic E-state index is 6.74. The van der Waals surface area contributed by atoms with Gasteiger partial charge in [-0.15, -0.1) is 0 Å². The molecule has 0 aliphatic rings. The Balaban J connectivity index is 1.30. The van der Waals surface area contributed by atoms with Crippen LogP contribution in [0.15, 0.2) is 156 Å². The van der Waals surface area contributed by atoms with Crippen LogP contribution in [-0.2, 0) is 0 Å². The molecule has 10 rings (SSSR count). The van der Waals surface area contributed by atoms with Crippen molar-refractivity contribution in [2.75, 3.05) is 0 Å². The van der Waals surface area contributed by atoms with Crippen LogP contribution in [0.1, 0.15) is 0 Å². The first-order valence-corrected chi connectivity index (χ1v) is 15.5. The van der Waals surface area contributed by atoms with E-state index in [1.54, 1.807) is 0 Å². The lowest BCUT2D eigenvalue weighted by Gasteiger charge is -2.10. The third-order valence-corrected chi connectivity index (χ3v) is 9.20. The van der Waals surface area contributed by atoms with Crippen LogP contribution >= 0.6 is 0 Å². The highest BCUT2D eigenvalue weighted by Gasteiger charge is 2.22. The molecule has 3 heterocycles. The van der Waals surface area contributed by atoms with Gasteiger partial charge in [-0.25, -0.2) is 9.97 Å². The van der Waals surface area contributed by atoms with Gasteiger partial charge >= 0.3 is 0 Å². The van der Waals surface area contributed by atoms with E-state index in [0.29, 0.717) is 11.5 Å². The molecule has 0 aliphatic carbocycles. The van der Waals surface area contributed by atoms with Crippen LogP contribution in [0, 0.1) is 0 Å². The van der Waals surface area contributed by atoms with Gasteiger partial charge in [0.25, 0.3) is 0 Å². The number of rotatable bonds is 3. The summed E-state index contributed by atoms with van der Waals surface area (Å²) < 4.78 is 8.94. The molecule has 0 saturated carbocycles. The van der Waals surface area contributed by atoms with E-state index in [1.807, 2.05) is 6.07 Å². The zero-order valence-electron chi connectivity index (χ0n) is 24.7. The largest absolute Gasteiger partial charge is 0.451 e. The first kappa shape index (κ1) is 25.1. The fraction of sp³-hybridized carbons (Fsp3) is 0. The van der Waals surface area contributed by atoms with E-state index in [2.05, 4.69) is 150 Å². The Morgan fingerprint density at radius 3 is 1.89 bits per heavy atom. The average Bonchev–Trinajstić information content (AvgIpc) is 3.66. The van der Waals surface area contributed by atoms with Gasteiger partial charge in [0, 0.05) is 27.1 Å². The van der Waals surface area contributed by atoms with Crippen molar-refractivity contribution in [2.24, 2.45) is 0 Å². The van der Waals surface area contributed by atoms with Gasteiger partial charge in [-0.05, 0) is 51.6 Å². The van der Waals surface area contributed by atoms with Crippen molar-refractivity contribution in [3.63, 3.8) is 0 Å². The Hall–Kier alpha value is -6.26. The molecule has 10 aromatic rings. The lowest BCUT2D eigenvalue weighted by molar-refractivity contribution is 0.670. The number of fused-ring (bicyclic) bond motifs is 9. The molecule has 0 N–H and O–H groups in total. The lowest BCUT2D eigenvalue weighted by Crippen LogP contribution is -2.03. The van der Waals surface area contributed by atoms with E-state index in [1.165, 1.54) is 27.1 Å². The van der Waals surface area contributed by atoms with E-state index < -0.39 is 0 Å². The quantitative estimate of drug-likeness (QED) is 0.207. The van der Waals surface area contributed by atoms with Gasteiger partial charge in [-0.1, -0.05) is 127 Å².